The summed E-state index contributed by atoms with van der Waals surface area (Å²) < 4.78 is 11.0. The zero-order valence-electron chi connectivity index (χ0n) is 12.7. The first-order valence-electron chi connectivity index (χ1n) is 7.16. The first-order valence-corrected chi connectivity index (χ1v) is 7.16. The molecule has 1 aromatic carbocycles. The number of carbonyl (C=O) groups is 1. The van der Waals surface area contributed by atoms with Gasteiger partial charge in [-0.05, 0) is 30.7 Å². The number of hydrogen-bond acceptors (Lipinski definition) is 5. The molecule has 0 aliphatic heterocycles. The van der Waals surface area contributed by atoms with Crippen molar-refractivity contribution in [2.75, 3.05) is 13.7 Å². The number of Topliss-reactive ketones (excluding diaryl/α,β-unsaturated/α-hetero) is 1. The second-order valence-electron chi connectivity index (χ2n) is 5.08. The number of carbonyl (C=O) groups excluding carboxylic acids is 1. The highest BCUT2D eigenvalue weighted by Gasteiger charge is 2.35. The van der Waals surface area contributed by atoms with E-state index < -0.39 is 11.6 Å². The Labute approximate surface area is 129 Å². The van der Waals surface area contributed by atoms with Crippen molar-refractivity contribution in [3.05, 3.63) is 53.3 Å². The summed E-state index contributed by atoms with van der Waals surface area (Å²) in [6.45, 7) is 2.45. The van der Waals surface area contributed by atoms with Crippen LogP contribution in [0.15, 0.2) is 47.7 Å². The van der Waals surface area contributed by atoms with Crippen LogP contribution in [-0.2, 0) is 9.47 Å². The summed E-state index contributed by atoms with van der Waals surface area (Å²) in [4.78, 5) is 12.4. The van der Waals surface area contributed by atoms with E-state index in [1.807, 2.05) is 6.92 Å². The van der Waals surface area contributed by atoms with Gasteiger partial charge in [0.1, 0.15) is 11.5 Å². The van der Waals surface area contributed by atoms with Crippen molar-refractivity contribution in [1.29, 1.82) is 0 Å². The van der Waals surface area contributed by atoms with Crippen LogP contribution in [0, 0.1) is 0 Å². The van der Waals surface area contributed by atoms with E-state index in [1.165, 1.54) is 25.3 Å². The van der Waals surface area contributed by atoms with Crippen LogP contribution in [0.25, 0.3) is 0 Å². The van der Waals surface area contributed by atoms with E-state index in [2.05, 4.69) is 0 Å². The number of phenols is 1. The minimum atomic E-state index is -1.05. The van der Waals surface area contributed by atoms with Gasteiger partial charge in [-0.25, -0.2) is 0 Å². The molecular formula is C17H20O5. The average molecular weight is 304 g/mol. The van der Waals surface area contributed by atoms with E-state index in [-0.39, 0.29) is 29.1 Å². The van der Waals surface area contributed by atoms with Gasteiger partial charge in [-0.1, -0.05) is 19.1 Å². The van der Waals surface area contributed by atoms with Crippen molar-refractivity contribution in [1.82, 2.24) is 0 Å². The smallest absolute Gasteiger partial charge is 0.200 e. The molecule has 22 heavy (non-hydrogen) atoms. The summed E-state index contributed by atoms with van der Waals surface area (Å²) in [6, 6.07) is 6.23. The molecule has 0 radical (unpaired) electrons. The number of ketones is 1. The average Bonchev–Trinajstić information content (AvgIpc) is 2.53. The molecular weight excluding hydrogens is 284 g/mol. The third kappa shape index (κ3) is 3.21. The number of rotatable bonds is 6. The molecule has 0 bridgehead atoms. The fraction of sp³-hybridized carbons (Fsp3) is 0.353. The van der Waals surface area contributed by atoms with Gasteiger partial charge in [0.25, 0.3) is 0 Å². The summed E-state index contributed by atoms with van der Waals surface area (Å²) in [6.07, 6.45) is 3.96. The monoisotopic (exact) mass is 304 g/mol. The maximum atomic E-state index is 12.4. The lowest BCUT2D eigenvalue weighted by Gasteiger charge is -2.31. The van der Waals surface area contributed by atoms with E-state index in [9.17, 15) is 15.0 Å². The Morgan fingerprint density at radius 3 is 2.64 bits per heavy atom. The Balaban J connectivity index is 2.26. The Kier molecular flexibility index (Phi) is 5.00. The van der Waals surface area contributed by atoms with Crippen LogP contribution < -0.4 is 0 Å². The van der Waals surface area contributed by atoms with Crippen LogP contribution in [0.4, 0.5) is 0 Å². The first kappa shape index (κ1) is 16.3. The lowest BCUT2D eigenvalue weighted by molar-refractivity contribution is -0.191. The van der Waals surface area contributed by atoms with Crippen molar-refractivity contribution in [3.8, 4) is 5.75 Å². The van der Waals surface area contributed by atoms with E-state index in [0.29, 0.717) is 6.61 Å². The molecule has 2 N–H and O–H groups in total. The molecule has 118 valence electrons. The molecule has 1 aromatic rings. The Bertz CT molecular complexity index is 617. The molecule has 0 amide bonds. The van der Waals surface area contributed by atoms with Crippen LogP contribution in [0.2, 0.25) is 0 Å². The first-order chi connectivity index (χ1) is 10.5. The number of aliphatic hydroxyl groups excluding tert-OH is 1. The number of methoxy groups -OCH3 is 1. The van der Waals surface area contributed by atoms with Gasteiger partial charge in [-0.2, -0.15) is 0 Å². The normalized spacial score (nSPS) is 21.2. The van der Waals surface area contributed by atoms with Gasteiger partial charge in [0.05, 0.1) is 24.2 Å². The second kappa shape index (κ2) is 6.77. The van der Waals surface area contributed by atoms with Gasteiger partial charge in [0, 0.05) is 7.11 Å². The molecule has 0 heterocycles. The van der Waals surface area contributed by atoms with Crippen LogP contribution in [0.1, 0.15) is 30.1 Å². The summed E-state index contributed by atoms with van der Waals surface area (Å²) in [5, 5.41) is 20.0. The van der Waals surface area contributed by atoms with Crippen LogP contribution >= 0.6 is 0 Å². The molecule has 1 unspecified atom stereocenters. The van der Waals surface area contributed by atoms with Crippen molar-refractivity contribution in [2.45, 2.75) is 25.6 Å². The van der Waals surface area contributed by atoms with Crippen molar-refractivity contribution in [3.63, 3.8) is 0 Å². The van der Waals surface area contributed by atoms with E-state index in [1.54, 1.807) is 18.2 Å². The van der Waals surface area contributed by atoms with Gasteiger partial charge in [0.15, 0.2) is 11.6 Å². The molecule has 1 atom stereocenters. The van der Waals surface area contributed by atoms with E-state index >= 15 is 0 Å². The maximum Gasteiger partial charge on any atom is 0.200 e. The zero-order valence-corrected chi connectivity index (χ0v) is 12.7. The zero-order chi connectivity index (χ0) is 16.2. The predicted octanol–water partition coefficient (Wildman–Crippen LogP) is 3.12. The molecule has 1 aliphatic rings. The van der Waals surface area contributed by atoms with Crippen LogP contribution in [0.5, 0.6) is 5.75 Å². The van der Waals surface area contributed by atoms with Gasteiger partial charge >= 0.3 is 0 Å². The summed E-state index contributed by atoms with van der Waals surface area (Å²) in [5.74, 6) is -1.73. The van der Waals surface area contributed by atoms with Crippen molar-refractivity contribution in [2.24, 2.45) is 0 Å². The van der Waals surface area contributed by atoms with E-state index in [0.717, 1.165) is 6.42 Å². The molecule has 2 rings (SSSR count). The summed E-state index contributed by atoms with van der Waals surface area (Å²) in [5.41, 5.74) is 0.280. The van der Waals surface area contributed by atoms with Gasteiger partial charge in [-0.3, -0.25) is 4.79 Å². The minimum absolute atomic E-state index is 0.0503. The number of hydrogen-bond donors (Lipinski definition) is 2. The topological polar surface area (TPSA) is 76.0 Å². The Morgan fingerprint density at radius 2 is 2.05 bits per heavy atom. The van der Waals surface area contributed by atoms with Gasteiger partial charge in [-0.15, -0.1) is 0 Å². The standard InChI is InChI=1S/C17H20O5/c1-3-10-22-17(21-2)9-8-13(15(19)11-17)16(20)12-6-4-5-7-14(12)18/h4-9,18-19H,3,10-11H2,1-2H3. The fourth-order valence-electron chi connectivity index (χ4n) is 2.28. The minimum Gasteiger partial charge on any atom is -0.511 e. The number of aromatic hydroxyl groups is 1. The number of allylic oxidation sites excluding steroid dienone is 2. The quantitative estimate of drug-likeness (QED) is 0.624. The molecule has 0 fully saturated rings. The maximum absolute atomic E-state index is 12.4. The van der Waals surface area contributed by atoms with Gasteiger partial charge < -0.3 is 19.7 Å². The molecule has 0 saturated heterocycles. The Hall–Kier alpha value is -2.11. The lowest BCUT2D eigenvalue weighted by Crippen LogP contribution is -2.36. The number of para-hydroxylation sites is 1. The Morgan fingerprint density at radius 1 is 1.32 bits per heavy atom. The lowest BCUT2D eigenvalue weighted by atomic mass is 9.93. The van der Waals surface area contributed by atoms with Crippen molar-refractivity contribution >= 4 is 5.78 Å². The molecule has 0 aromatic heterocycles. The highest BCUT2D eigenvalue weighted by molar-refractivity contribution is 6.12. The number of ether oxygens (including phenoxy) is 2. The highest BCUT2D eigenvalue weighted by Crippen LogP contribution is 2.32. The third-order valence-electron chi connectivity index (χ3n) is 3.52. The number of aliphatic hydroxyl groups is 1. The SMILES string of the molecule is CCCOC1(OC)C=CC(C(=O)c2ccccc2O)=C(O)C1. The predicted molar refractivity (Wildman–Crippen MR) is 81.8 cm³/mol. The van der Waals surface area contributed by atoms with Crippen molar-refractivity contribution < 1.29 is 24.5 Å². The molecule has 1 aliphatic carbocycles. The molecule has 5 heteroatoms. The van der Waals surface area contributed by atoms with Crippen LogP contribution in [0.3, 0.4) is 0 Å². The fourth-order valence-corrected chi connectivity index (χ4v) is 2.28. The highest BCUT2D eigenvalue weighted by atomic mass is 16.7. The molecule has 5 nitrogen and oxygen atoms in total. The number of phenolic OH excluding ortho intramolecular Hbond substituents is 1. The molecule has 0 spiro atoms. The third-order valence-corrected chi connectivity index (χ3v) is 3.52. The van der Waals surface area contributed by atoms with Gasteiger partial charge in [0.2, 0.25) is 0 Å². The molecule has 0 saturated carbocycles. The van der Waals surface area contributed by atoms with Crippen LogP contribution in [-0.4, -0.2) is 35.5 Å². The number of benzene rings is 1. The summed E-state index contributed by atoms with van der Waals surface area (Å²) >= 11 is 0. The summed E-state index contributed by atoms with van der Waals surface area (Å²) in [7, 11) is 1.49. The van der Waals surface area contributed by atoms with E-state index in [4.69, 9.17) is 9.47 Å². The second-order valence-corrected chi connectivity index (χ2v) is 5.08. The largest absolute Gasteiger partial charge is 0.511 e.